The lowest BCUT2D eigenvalue weighted by atomic mass is 9.80. The third-order valence-corrected chi connectivity index (χ3v) is 23.2. The van der Waals surface area contributed by atoms with Crippen LogP contribution in [0.3, 0.4) is 0 Å². The van der Waals surface area contributed by atoms with E-state index in [4.69, 9.17) is 18.9 Å². The van der Waals surface area contributed by atoms with Crippen molar-refractivity contribution in [3.8, 4) is 0 Å². The van der Waals surface area contributed by atoms with Crippen LogP contribution in [0.4, 0.5) is 0 Å². The number of aromatic nitrogens is 6. The van der Waals surface area contributed by atoms with Crippen LogP contribution >= 0.6 is 0 Å². The number of rotatable bonds is 33. The fourth-order valence-electron chi connectivity index (χ4n) is 10.9. The predicted molar refractivity (Wildman–Crippen MR) is 396 cm³/mol. The number of hydrogen-bond donors (Lipinski definition) is 0. The van der Waals surface area contributed by atoms with Gasteiger partial charge in [0.25, 0.3) is 0 Å². The lowest BCUT2D eigenvalue weighted by Crippen LogP contribution is -2.35. The van der Waals surface area contributed by atoms with Crippen molar-refractivity contribution in [2.45, 2.75) is 298 Å². The molecule has 2 saturated heterocycles. The molecule has 0 amide bonds. The van der Waals surface area contributed by atoms with Crippen LogP contribution in [-0.2, 0) is 63.9 Å². The molecule has 91 heavy (non-hydrogen) atoms. The first-order valence-corrected chi connectivity index (χ1v) is 39.6. The van der Waals surface area contributed by atoms with E-state index in [-0.39, 0.29) is 20.3 Å². The first-order valence-electron chi connectivity index (χ1n) is 35.9. The van der Waals surface area contributed by atoms with E-state index in [1.807, 2.05) is 63.3 Å². The molecule has 0 radical (unpaired) electrons. The summed E-state index contributed by atoms with van der Waals surface area (Å²) in [6.45, 7) is 66.7. The number of nitrogens with zero attached hydrogens (tertiary/aromatic N) is 8. The second kappa shape index (κ2) is 41.4. The average Bonchev–Trinajstić information content (AvgIpc) is 3.14. The summed E-state index contributed by atoms with van der Waals surface area (Å²) in [5.74, 6) is 10.6. The van der Waals surface area contributed by atoms with Crippen molar-refractivity contribution in [2.24, 2.45) is 44.3 Å². The SMILES string of the molecule is C=S(=O)(CCOCCOCCn1cc(CC(C)(C)C)nn1)C(C)(C)C.C=S(=O)(CCOCCOCCn1cc(CC(C)(C)C)nn1)C(C)(C)C.CC(C)(C)CCCCCN1CCC(CC(C)(C)C)CC1.CC(C)(C)CCCCCN1CCC(CCC(C)(C)C)CC1. The molecule has 16 heteroatoms. The highest BCUT2D eigenvalue weighted by molar-refractivity contribution is 8.01. The molecular formula is C75H150N8O6S2. The summed E-state index contributed by atoms with van der Waals surface area (Å²) >= 11 is 0. The molecule has 2 atom stereocenters. The van der Waals surface area contributed by atoms with Crippen LogP contribution < -0.4 is 0 Å². The quantitative estimate of drug-likeness (QED) is 0.0496. The van der Waals surface area contributed by atoms with Gasteiger partial charge in [-0.1, -0.05) is 161 Å². The summed E-state index contributed by atoms with van der Waals surface area (Å²) in [5, 5.41) is 16.6. The number of piperidine rings is 2. The zero-order valence-corrected chi connectivity index (χ0v) is 65.9. The average molecular weight is 1320 g/mol. The fraction of sp³-hybridized carbons (Fsp3) is 0.920. The Bertz CT molecular complexity index is 2270. The molecule has 538 valence electrons. The van der Waals surface area contributed by atoms with Crippen LogP contribution in [0.1, 0.15) is 274 Å². The molecule has 0 N–H and O–H groups in total. The molecule has 0 saturated carbocycles. The first-order chi connectivity index (χ1) is 41.6. The van der Waals surface area contributed by atoms with Gasteiger partial charge < -0.3 is 28.7 Å². The highest BCUT2D eigenvalue weighted by atomic mass is 32.2. The van der Waals surface area contributed by atoms with Crippen molar-refractivity contribution in [1.29, 1.82) is 0 Å². The number of hydrogen-bond acceptors (Lipinski definition) is 12. The van der Waals surface area contributed by atoms with E-state index in [0.29, 0.717) is 99.1 Å². The molecule has 2 aromatic rings. The largest absolute Gasteiger partial charge is 0.378 e. The topological polar surface area (TPSA) is 139 Å². The molecule has 2 aliphatic heterocycles. The third-order valence-electron chi connectivity index (χ3n) is 17.0. The minimum Gasteiger partial charge on any atom is -0.378 e. The van der Waals surface area contributed by atoms with Crippen LogP contribution in [0, 0.1) is 44.3 Å². The molecule has 2 aliphatic rings. The van der Waals surface area contributed by atoms with Gasteiger partial charge in [0.2, 0.25) is 0 Å². The van der Waals surface area contributed by atoms with E-state index in [2.05, 4.69) is 167 Å². The van der Waals surface area contributed by atoms with Crippen LogP contribution in [0.5, 0.6) is 0 Å². The van der Waals surface area contributed by atoms with Crippen molar-refractivity contribution in [2.75, 3.05) is 104 Å². The first kappa shape index (κ1) is 87.1. The lowest BCUT2D eigenvalue weighted by molar-refractivity contribution is 0.0493. The van der Waals surface area contributed by atoms with Gasteiger partial charge in [-0.05, 0) is 239 Å². The zero-order valence-electron chi connectivity index (χ0n) is 64.3. The van der Waals surface area contributed by atoms with Gasteiger partial charge in [0.1, 0.15) is 0 Å². The third kappa shape index (κ3) is 47.6. The number of ether oxygens (including phenoxy) is 4. The Morgan fingerprint density at radius 1 is 0.407 bits per heavy atom. The van der Waals surface area contributed by atoms with E-state index in [1.54, 1.807) is 0 Å². The van der Waals surface area contributed by atoms with Crippen LogP contribution in [0.15, 0.2) is 12.4 Å². The van der Waals surface area contributed by atoms with E-state index < -0.39 is 19.0 Å². The minimum atomic E-state index is -2.13. The summed E-state index contributed by atoms with van der Waals surface area (Å²) < 4.78 is 49.8. The van der Waals surface area contributed by atoms with Crippen molar-refractivity contribution < 1.29 is 27.4 Å². The Kier molecular flexibility index (Phi) is 39.6. The highest BCUT2D eigenvalue weighted by Crippen LogP contribution is 2.32. The summed E-state index contributed by atoms with van der Waals surface area (Å²) in [7, 11) is -4.25. The molecule has 0 spiro atoms. The molecule has 4 heterocycles. The van der Waals surface area contributed by atoms with E-state index in [9.17, 15) is 8.42 Å². The monoisotopic (exact) mass is 1320 g/mol. The predicted octanol–water partition coefficient (Wildman–Crippen LogP) is 16.7. The van der Waals surface area contributed by atoms with Crippen LogP contribution in [0.25, 0.3) is 0 Å². The van der Waals surface area contributed by atoms with Gasteiger partial charge in [-0.15, -0.1) is 10.2 Å². The molecule has 2 fully saturated rings. The van der Waals surface area contributed by atoms with Crippen molar-refractivity contribution in [1.82, 2.24) is 39.8 Å². The summed E-state index contributed by atoms with van der Waals surface area (Å²) in [4.78, 5) is 5.42. The normalized spacial score (nSPS) is 17.1. The Balaban J connectivity index is 0.000000609. The van der Waals surface area contributed by atoms with Crippen LogP contribution in [0.2, 0.25) is 0 Å². The number of unbranched alkanes of at least 4 members (excludes halogenated alkanes) is 4. The Morgan fingerprint density at radius 3 is 1.04 bits per heavy atom. The van der Waals surface area contributed by atoms with E-state index in [0.717, 1.165) is 36.1 Å². The lowest BCUT2D eigenvalue weighted by Gasteiger charge is -2.35. The molecule has 0 aromatic carbocycles. The van der Waals surface area contributed by atoms with Gasteiger partial charge in [-0.3, -0.25) is 8.42 Å². The van der Waals surface area contributed by atoms with Gasteiger partial charge in [-0.2, -0.15) is 0 Å². The fourth-order valence-corrected chi connectivity index (χ4v) is 12.9. The van der Waals surface area contributed by atoms with Gasteiger partial charge in [0, 0.05) is 33.4 Å². The molecule has 2 aromatic heterocycles. The second-order valence-electron chi connectivity index (χ2n) is 36.3. The standard InChI is InChI=1S/C20H41N.C19H39N.2C18H35N3O3S/c1-19(2,3)13-8-7-9-15-21-16-11-18(12-17-21)10-14-20(4,5)6;1-18(2,3)12-8-7-9-13-20-14-10-17(11-15-20)16-19(4,5)6;2*1-17(2,3)14-16-15-21(20-19-16)8-9-23-10-11-24-12-13-25(7,22)18(4,5)6/h18H,7-17H2,1-6H3;17H,7-16H2,1-6H3;2*15H,7-14H2,1-6H3. The highest BCUT2D eigenvalue weighted by Gasteiger charge is 2.26. The summed E-state index contributed by atoms with van der Waals surface area (Å²) in [6, 6.07) is 0. The summed E-state index contributed by atoms with van der Waals surface area (Å²) in [5.41, 5.74) is 4.50. The maximum absolute atomic E-state index is 12.4. The van der Waals surface area contributed by atoms with Gasteiger partial charge in [0.15, 0.2) is 0 Å². The van der Waals surface area contributed by atoms with Crippen molar-refractivity contribution in [3.63, 3.8) is 0 Å². The second-order valence-corrected chi connectivity index (χ2v) is 42.8. The maximum Gasteiger partial charge on any atom is 0.0832 e. The number of likely N-dealkylation sites (tertiary alicyclic amines) is 2. The summed E-state index contributed by atoms with van der Waals surface area (Å²) in [6.07, 6.45) is 27.0. The molecule has 14 nitrogen and oxygen atoms in total. The van der Waals surface area contributed by atoms with Gasteiger partial charge in [0.05, 0.1) is 77.3 Å². The molecule has 0 aliphatic carbocycles. The van der Waals surface area contributed by atoms with Crippen molar-refractivity contribution in [3.05, 3.63) is 23.8 Å². The Morgan fingerprint density at radius 2 is 0.736 bits per heavy atom. The van der Waals surface area contributed by atoms with Gasteiger partial charge >= 0.3 is 0 Å². The zero-order chi connectivity index (χ0) is 69.4. The maximum atomic E-state index is 12.4. The Labute approximate surface area is 564 Å². The molecular weight excluding hydrogens is 1170 g/mol. The minimum absolute atomic E-state index is 0.207. The molecule has 0 bridgehead atoms. The Hall–Kier alpha value is -1.92. The molecule has 4 rings (SSSR count). The smallest absolute Gasteiger partial charge is 0.0832 e. The molecule has 2 unspecified atom stereocenters. The van der Waals surface area contributed by atoms with E-state index >= 15 is 0 Å². The van der Waals surface area contributed by atoms with E-state index in [1.165, 1.54) is 136 Å². The van der Waals surface area contributed by atoms with Gasteiger partial charge in [-0.25, -0.2) is 9.36 Å². The van der Waals surface area contributed by atoms with Crippen molar-refractivity contribution >= 4 is 30.8 Å². The van der Waals surface area contributed by atoms with Crippen LogP contribution in [-0.4, -0.2) is 173 Å².